The van der Waals surface area contributed by atoms with Crippen LogP contribution in [-0.4, -0.2) is 31.0 Å². The highest BCUT2D eigenvalue weighted by atomic mass is 35.5. The Bertz CT molecular complexity index is 373. The molecule has 0 spiro atoms. The van der Waals surface area contributed by atoms with Crippen LogP contribution in [0.1, 0.15) is 12.0 Å². The van der Waals surface area contributed by atoms with E-state index in [9.17, 15) is 5.11 Å². The topological polar surface area (TPSA) is 38.7 Å². The first-order chi connectivity index (χ1) is 7.63. The van der Waals surface area contributed by atoms with Crippen LogP contribution in [-0.2, 0) is 11.2 Å². The van der Waals surface area contributed by atoms with Crippen molar-refractivity contribution < 1.29 is 14.6 Å². The van der Waals surface area contributed by atoms with Gasteiger partial charge in [0, 0.05) is 24.5 Å². The van der Waals surface area contributed by atoms with E-state index in [2.05, 4.69) is 0 Å². The Balaban J connectivity index is 2.22. The van der Waals surface area contributed by atoms with Gasteiger partial charge in [-0.05, 0) is 23.8 Å². The zero-order valence-electron chi connectivity index (χ0n) is 9.20. The number of halogens is 1. The Morgan fingerprint density at radius 1 is 1.56 bits per heavy atom. The predicted octanol–water partition coefficient (Wildman–Crippen LogP) is 2.04. The molecule has 1 fully saturated rings. The molecule has 1 unspecified atom stereocenters. The monoisotopic (exact) mass is 242 g/mol. The Kier molecular flexibility index (Phi) is 3.38. The fourth-order valence-electron chi connectivity index (χ4n) is 1.98. The molecule has 16 heavy (non-hydrogen) atoms. The molecular formula is C12H15ClO3. The van der Waals surface area contributed by atoms with Crippen molar-refractivity contribution in [3.8, 4) is 5.75 Å². The van der Waals surface area contributed by atoms with Crippen LogP contribution in [0.15, 0.2) is 18.2 Å². The highest BCUT2D eigenvalue weighted by molar-refractivity contribution is 6.30. The summed E-state index contributed by atoms with van der Waals surface area (Å²) < 4.78 is 10.5. The first kappa shape index (κ1) is 11.7. The van der Waals surface area contributed by atoms with Crippen molar-refractivity contribution in [3.63, 3.8) is 0 Å². The number of hydrogen-bond acceptors (Lipinski definition) is 3. The van der Waals surface area contributed by atoms with E-state index >= 15 is 0 Å². The first-order valence-corrected chi connectivity index (χ1v) is 5.63. The van der Waals surface area contributed by atoms with E-state index in [1.165, 1.54) is 0 Å². The van der Waals surface area contributed by atoms with E-state index in [0.29, 0.717) is 31.1 Å². The van der Waals surface area contributed by atoms with E-state index in [4.69, 9.17) is 21.1 Å². The standard InChI is InChI=1S/C12H15ClO3/c1-15-11-3-2-10(13)6-9(11)7-12(14)4-5-16-8-12/h2-3,6,14H,4-5,7-8H2,1H3. The summed E-state index contributed by atoms with van der Waals surface area (Å²) in [4.78, 5) is 0. The molecule has 0 aliphatic carbocycles. The number of rotatable bonds is 3. The van der Waals surface area contributed by atoms with Gasteiger partial charge < -0.3 is 14.6 Å². The molecule has 1 aromatic carbocycles. The molecular weight excluding hydrogens is 228 g/mol. The van der Waals surface area contributed by atoms with Gasteiger partial charge in [-0.1, -0.05) is 11.6 Å². The maximum atomic E-state index is 10.2. The van der Waals surface area contributed by atoms with Crippen LogP contribution in [0.2, 0.25) is 5.02 Å². The van der Waals surface area contributed by atoms with Gasteiger partial charge in [-0.25, -0.2) is 0 Å². The van der Waals surface area contributed by atoms with Gasteiger partial charge in [-0.15, -0.1) is 0 Å². The minimum Gasteiger partial charge on any atom is -0.496 e. The summed E-state index contributed by atoms with van der Waals surface area (Å²) in [5.41, 5.74) is 0.140. The van der Waals surface area contributed by atoms with Crippen LogP contribution < -0.4 is 4.74 Å². The molecule has 3 nitrogen and oxygen atoms in total. The number of aliphatic hydroxyl groups is 1. The van der Waals surface area contributed by atoms with Crippen molar-refractivity contribution >= 4 is 11.6 Å². The Morgan fingerprint density at radius 3 is 3.00 bits per heavy atom. The zero-order valence-corrected chi connectivity index (χ0v) is 9.96. The van der Waals surface area contributed by atoms with E-state index in [0.717, 1.165) is 11.3 Å². The molecule has 0 amide bonds. The third-order valence-electron chi connectivity index (χ3n) is 2.84. The fraction of sp³-hybridized carbons (Fsp3) is 0.500. The summed E-state index contributed by atoms with van der Waals surface area (Å²) in [6.07, 6.45) is 1.17. The minimum absolute atomic E-state index is 0.378. The van der Waals surface area contributed by atoms with E-state index in [1.807, 2.05) is 12.1 Å². The summed E-state index contributed by atoms with van der Waals surface area (Å²) in [7, 11) is 1.61. The zero-order chi connectivity index (χ0) is 11.6. The number of hydrogen-bond donors (Lipinski definition) is 1. The van der Waals surface area contributed by atoms with Gasteiger partial charge in [0.1, 0.15) is 5.75 Å². The third-order valence-corrected chi connectivity index (χ3v) is 3.08. The van der Waals surface area contributed by atoms with Gasteiger partial charge in [0.05, 0.1) is 19.3 Å². The second-order valence-corrected chi connectivity index (χ2v) is 4.60. The Hall–Kier alpha value is -0.770. The van der Waals surface area contributed by atoms with Crippen molar-refractivity contribution in [1.29, 1.82) is 0 Å². The van der Waals surface area contributed by atoms with Crippen molar-refractivity contribution in [1.82, 2.24) is 0 Å². The normalized spacial score (nSPS) is 24.7. The SMILES string of the molecule is COc1ccc(Cl)cc1CC1(O)CCOC1. The number of ether oxygens (including phenoxy) is 2. The Labute approximate surface area is 99.9 Å². The molecule has 1 saturated heterocycles. The summed E-state index contributed by atoms with van der Waals surface area (Å²) in [5.74, 6) is 0.754. The molecule has 1 heterocycles. The number of methoxy groups -OCH3 is 1. The third kappa shape index (κ3) is 2.48. The molecule has 0 radical (unpaired) electrons. The first-order valence-electron chi connectivity index (χ1n) is 5.25. The molecule has 0 aromatic heterocycles. The summed E-state index contributed by atoms with van der Waals surface area (Å²) in [6, 6.07) is 5.42. The molecule has 2 rings (SSSR count). The van der Waals surface area contributed by atoms with Gasteiger partial charge >= 0.3 is 0 Å². The molecule has 1 atom stereocenters. The molecule has 1 aliphatic heterocycles. The quantitative estimate of drug-likeness (QED) is 0.882. The van der Waals surface area contributed by atoms with Crippen molar-refractivity contribution in [2.75, 3.05) is 20.3 Å². The largest absolute Gasteiger partial charge is 0.496 e. The van der Waals surface area contributed by atoms with E-state index in [1.54, 1.807) is 13.2 Å². The molecule has 1 aliphatic rings. The summed E-state index contributed by atoms with van der Waals surface area (Å²) >= 11 is 5.94. The van der Waals surface area contributed by atoms with Crippen molar-refractivity contribution in [2.24, 2.45) is 0 Å². The van der Waals surface area contributed by atoms with E-state index < -0.39 is 5.60 Å². The average Bonchev–Trinajstić information content (AvgIpc) is 2.65. The lowest BCUT2D eigenvalue weighted by Crippen LogP contribution is -2.31. The molecule has 4 heteroatoms. The lowest BCUT2D eigenvalue weighted by Gasteiger charge is -2.21. The minimum atomic E-state index is -0.780. The average molecular weight is 243 g/mol. The summed E-state index contributed by atoms with van der Waals surface area (Å²) in [5, 5.41) is 10.9. The van der Waals surface area contributed by atoms with Crippen LogP contribution in [0, 0.1) is 0 Å². The van der Waals surface area contributed by atoms with Gasteiger partial charge in [0.2, 0.25) is 0 Å². The molecule has 88 valence electrons. The molecule has 0 bridgehead atoms. The maximum absolute atomic E-state index is 10.2. The lowest BCUT2D eigenvalue weighted by molar-refractivity contribution is 0.0266. The Morgan fingerprint density at radius 2 is 2.38 bits per heavy atom. The van der Waals surface area contributed by atoms with Gasteiger partial charge in [-0.3, -0.25) is 0 Å². The molecule has 1 N–H and O–H groups in total. The summed E-state index contributed by atoms with van der Waals surface area (Å²) in [6.45, 7) is 0.988. The van der Waals surface area contributed by atoms with Crippen molar-refractivity contribution in [3.05, 3.63) is 28.8 Å². The number of benzene rings is 1. The molecule has 1 aromatic rings. The lowest BCUT2D eigenvalue weighted by atomic mass is 9.93. The van der Waals surface area contributed by atoms with Crippen LogP contribution in [0.25, 0.3) is 0 Å². The van der Waals surface area contributed by atoms with Gasteiger partial charge in [-0.2, -0.15) is 0 Å². The predicted molar refractivity (Wildman–Crippen MR) is 62.1 cm³/mol. The smallest absolute Gasteiger partial charge is 0.122 e. The second kappa shape index (κ2) is 4.62. The molecule has 0 saturated carbocycles. The van der Waals surface area contributed by atoms with Gasteiger partial charge in [0.25, 0.3) is 0 Å². The van der Waals surface area contributed by atoms with Crippen LogP contribution in [0.3, 0.4) is 0 Å². The van der Waals surface area contributed by atoms with Crippen LogP contribution in [0.5, 0.6) is 5.75 Å². The van der Waals surface area contributed by atoms with E-state index in [-0.39, 0.29) is 0 Å². The van der Waals surface area contributed by atoms with Gasteiger partial charge in [0.15, 0.2) is 0 Å². The van der Waals surface area contributed by atoms with Crippen molar-refractivity contribution in [2.45, 2.75) is 18.4 Å². The highest BCUT2D eigenvalue weighted by Crippen LogP contribution is 2.30. The maximum Gasteiger partial charge on any atom is 0.122 e. The van der Waals surface area contributed by atoms with Crippen LogP contribution in [0.4, 0.5) is 0 Å². The fourth-order valence-corrected chi connectivity index (χ4v) is 2.17. The van der Waals surface area contributed by atoms with Crippen LogP contribution >= 0.6 is 11.6 Å². The highest BCUT2D eigenvalue weighted by Gasteiger charge is 2.33. The second-order valence-electron chi connectivity index (χ2n) is 4.16.